The van der Waals surface area contributed by atoms with Crippen LogP contribution in [0.2, 0.25) is 0 Å². The highest BCUT2D eigenvalue weighted by atomic mass is 15.0. The molecule has 84 valence electrons. The molecule has 0 bridgehead atoms. The summed E-state index contributed by atoms with van der Waals surface area (Å²) in [4.78, 5) is 0. The van der Waals surface area contributed by atoms with Gasteiger partial charge in [0.2, 0.25) is 0 Å². The number of nitrogens with one attached hydrogen (secondary N) is 2. The summed E-state index contributed by atoms with van der Waals surface area (Å²) in [5.74, 6) is 0. The van der Waals surface area contributed by atoms with E-state index in [0.717, 1.165) is 6.54 Å². The maximum atomic E-state index is 3.52. The predicted octanol–water partition coefficient (Wildman–Crippen LogP) is 2.71. The topological polar surface area (TPSA) is 24.1 Å². The Morgan fingerprint density at radius 3 is 2.33 bits per heavy atom. The van der Waals surface area contributed by atoms with Crippen LogP contribution in [0.5, 0.6) is 0 Å². The van der Waals surface area contributed by atoms with Crippen LogP contribution in [-0.2, 0) is 0 Å². The zero-order valence-corrected chi connectivity index (χ0v) is 10.4. The lowest BCUT2D eigenvalue weighted by Crippen LogP contribution is -2.40. The van der Waals surface area contributed by atoms with E-state index in [4.69, 9.17) is 0 Å². The molecule has 0 atom stereocenters. The molecule has 2 heteroatoms. The second kappa shape index (κ2) is 4.67. The molecule has 0 aliphatic rings. The van der Waals surface area contributed by atoms with Crippen LogP contribution in [0.15, 0.2) is 18.2 Å². The standard InChI is InChI=1S/C13H22N2/c1-10-6-7-12(8-11(10)2)15-13(3,4)9-14-5/h6-8,14-15H,9H2,1-5H3. The fraction of sp³-hybridized carbons (Fsp3) is 0.538. The number of rotatable bonds is 4. The highest BCUT2D eigenvalue weighted by molar-refractivity contribution is 5.49. The molecule has 0 saturated heterocycles. The third-order valence-electron chi connectivity index (χ3n) is 2.61. The molecule has 1 rings (SSSR count). The van der Waals surface area contributed by atoms with Gasteiger partial charge in [-0.2, -0.15) is 0 Å². The Labute approximate surface area is 93.1 Å². The first kappa shape index (κ1) is 12.1. The molecule has 0 heterocycles. The minimum Gasteiger partial charge on any atom is -0.379 e. The first-order chi connectivity index (χ1) is 6.94. The lowest BCUT2D eigenvalue weighted by Gasteiger charge is -2.27. The predicted molar refractivity (Wildman–Crippen MR) is 67.5 cm³/mol. The highest BCUT2D eigenvalue weighted by Crippen LogP contribution is 2.18. The molecular weight excluding hydrogens is 184 g/mol. The molecule has 0 fully saturated rings. The summed E-state index contributed by atoms with van der Waals surface area (Å²) in [5.41, 5.74) is 3.95. The smallest absolute Gasteiger partial charge is 0.0441 e. The largest absolute Gasteiger partial charge is 0.379 e. The van der Waals surface area contributed by atoms with Crippen molar-refractivity contribution in [3.8, 4) is 0 Å². The van der Waals surface area contributed by atoms with Gasteiger partial charge in [-0.15, -0.1) is 0 Å². The first-order valence-electron chi connectivity index (χ1n) is 5.45. The average molecular weight is 206 g/mol. The molecule has 15 heavy (non-hydrogen) atoms. The lowest BCUT2D eigenvalue weighted by atomic mass is 10.0. The summed E-state index contributed by atoms with van der Waals surface area (Å²) in [6, 6.07) is 6.50. The van der Waals surface area contributed by atoms with Crippen molar-refractivity contribution in [2.45, 2.75) is 33.2 Å². The van der Waals surface area contributed by atoms with Crippen LogP contribution in [0.4, 0.5) is 5.69 Å². The van der Waals surface area contributed by atoms with Crippen molar-refractivity contribution in [3.05, 3.63) is 29.3 Å². The fourth-order valence-corrected chi connectivity index (χ4v) is 1.70. The molecule has 0 spiro atoms. The molecular formula is C13H22N2. The maximum absolute atomic E-state index is 3.52. The van der Waals surface area contributed by atoms with Gasteiger partial charge in [0, 0.05) is 17.8 Å². The van der Waals surface area contributed by atoms with Crippen molar-refractivity contribution < 1.29 is 0 Å². The van der Waals surface area contributed by atoms with Crippen molar-refractivity contribution in [3.63, 3.8) is 0 Å². The van der Waals surface area contributed by atoms with Crippen LogP contribution in [0.3, 0.4) is 0 Å². The number of likely N-dealkylation sites (N-methyl/N-ethyl adjacent to an activating group) is 1. The van der Waals surface area contributed by atoms with E-state index in [-0.39, 0.29) is 5.54 Å². The summed E-state index contributed by atoms with van der Waals surface area (Å²) in [5, 5.41) is 6.72. The zero-order valence-electron chi connectivity index (χ0n) is 10.4. The van der Waals surface area contributed by atoms with Gasteiger partial charge in [0.05, 0.1) is 0 Å². The van der Waals surface area contributed by atoms with Gasteiger partial charge in [0.25, 0.3) is 0 Å². The van der Waals surface area contributed by atoms with E-state index in [1.54, 1.807) is 0 Å². The van der Waals surface area contributed by atoms with E-state index in [1.807, 2.05) is 7.05 Å². The Hall–Kier alpha value is -1.02. The Bertz CT molecular complexity index is 329. The first-order valence-corrected chi connectivity index (χ1v) is 5.45. The molecule has 2 nitrogen and oxygen atoms in total. The van der Waals surface area contributed by atoms with E-state index >= 15 is 0 Å². The average Bonchev–Trinajstić information content (AvgIpc) is 2.10. The van der Waals surface area contributed by atoms with Crippen LogP contribution in [-0.4, -0.2) is 19.1 Å². The molecule has 2 N–H and O–H groups in total. The van der Waals surface area contributed by atoms with Crippen LogP contribution >= 0.6 is 0 Å². The van der Waals surface area contributed by atoms with E-state index < -0.39 is 0 Å². The Morgan fingerprint density at radius 1 is 1.13 bits per heavy atom. The molecule has 0 aliphatic heterocycles. The quantitative estimate of drug-likeness (QED) is 0.791. The van der Waals surface area contributed by atoms with Crippen LogP contribution in [0.1, 0.15) is 25.0 Å². The Balaban J connectivity index is 2.76. The molecule has 0 aliphatic carbocycles. The summed E-state index contributed by atoms with van der Waals surface area (Å²) in [7, 11) is 1.98. The summed E-state index contributed by atoms with van der Waals surface area (Å²) >= 11 is 0. The van der Waals surface area contributed by atoms with Gasteiger partial charge in [-0.1, -0.05) is 6.07 Å². The Kier molecular flexibility index (Phi) is 3.75. The normalized spacial score (nSPS) is 11.5. The van der Waals surface area contributed by atoms with Crippen LogP contribution in [0.25, 0.3) is 0 Å². The van der Waals surface area contributed by atoms with Gasteiger partial charge in [-0.3, -0.25) is 0 Å². The van der Waals surface area contributed by atoms with E-state index in [9.17, 15) is 0 Å². The minimum absolute atomic E-state index is 0.0798. The molecule has 1 aromatic rings. The fourth-order valence-electron chi connectivity index (χ4n) is 1.70. The molecule has 0 radical (unpaired) electrons. The molecule has 0 unspecified atom stereocenters. The monoisotopic (exact) mass is 206 g/mol. The van der Waals surface area contributed by atoms with Crippen molar-refractivity contribution in [2.24, 2.45) is 0 Å². The second-order valence-electron chi connectivity index (χ2n) is 4.84. The van der Waals surface area contributed by atoms with E-state index in [0.29, 0.717) is 0 Å². The van der Waals surface area contributed by atoms with Gasteiger partial charge in [-0.25, -0.2) is 0 Å². The number of aryl methyl sites for hydroxylation is 2. The van der Waals surface area contributed by atoms with Gasteiger partial charge in [0.15, 0.2) is 0 Å². The third kappa shape index (κ3) is 3.56. The molecule has 0 saturated carbocycles. The van der Waals surface area contributed by atoms with Gasteiger partial charge in [0.1, 0.15) is 0 Å². The highest BCUT2D eigenvalue weighted by Gasteiger charge is 2.15. The van der Waals surface area contributed by atoms with Crippen LogP contribution < -0.4 is 10.6 Å². The number of hydrogen-bond acceptors (Lipinski definition) is 2. The van der Waals surface area contributed by atoms with Crippen molar-refractivity contribution in [2.75, 3.05) is 18.9 Å². The third-order valence-corrected chi connectivity index (χ3v) is 2.61. The number of anilines is 1. The number of benzene rings is 1. The van der Waals surface area contributed by atoms with E-state index in [2.05, 4.69) is 56.5 Å². The lowest BCUT2D eigenvalue weighted by molar-refractivity contribution is 0.530. The minimum atomic E-state index is 0.0798. The van der Waals surface area contributed by atoms with Crippen LogP contribution in [0, 0.1) is 13.8 Å². The van der Waals surface area contributed by atoms with Crippen molar-refractivity contribution >= 4 is 5.69 Å². The maximum Gasteiger partial charge on any atom is 0.0441 e. The van der Waals surface area contributed by atoms with E-state index in [1.165, 1.54) is 16.8 Å². The molecule has 0 aromatic heterocycles. The zero-order chi connectivity index (χ0) is 11.5. The van der Waals surface area contributed by atoms with Gasteiger partial charge in [-0.05, 0) is 58.0 Å². The Morgan fingerprint density at radius 2 is 1.80 bits per heavy atom. The van der Waals surface area contributed by atoms with Crippen molar-refractivity contribution in [1.29, 1.82) is 0 Å². The van der Waals surface area contributed by atoms with Gasteiger partial charge < -0.3 is 10.6 Å². The second-order valence-corrected chi connectivity index (χ2v) is 4.84. The summed E-state index contributed by atoms with van der Waals surface area (Å²) < 4.78 is 0. The summed E-state index contributed by atoms with van der Waals surface area (Å²) in [6.45, 7) is 9.61. The number of hydrogen-bond donors (Lipinski definition) is 2. The van der Waals surface area contributed by atoms with Crippen molar-refractivity contribution in [1.82, 2.24) is 5.32 Å². The summed E-state index contributed by atoms with van der Waals surface area (Å²) in [6.07, 6.45) is 0. The SMILES string of the molecule is CNCC(C)(C)Nc1ccc(C)c(C)c1. The molecule has 1 aromatic carbocycles. The van der Waals surface area contributed by atoms with Gasteiger partial charge >= 0.3 is 0 Å². The molecule has 0 amide bonds.